The third-order valence-electron chi connectivity index (χ3n) is 3.24. The molecular weight excluding hydrogens is 314 g/mol. The molecule has 0 fully saturated rings. The number of hydrogen-bond acceptors (Lipinski definition) is 6. The van der Waals surface area contributed by atoms with E-state index < -0.39 is 30.5 Å². The molecule has 0 unspecified atom stereocenters. The van der Waals surface area contributed by atoms with Crippen molar-refractivity contribution in [2.75, 3.05) is 13.7 Å². The van der Waals surface area contributed by atoms with E-state index in [4.69, 9.17) is 4.74 Å². The van der Waals surface area contributed by atoms with E-state index in [1.165, 1.54) is 19.2 Å². The number of benzene rings is 1. The number of aromatic hydroxyl groups is 1. The molecule has 1 atom stereocenters. The lowest BCUT2D eigenvalue weighted by Crippen LogP contribution is -2.44. The topological polar surface area (TPSA) is 102 Å². The van der Waals surface area contributed by atoms with Crippen LogP contribution in [0.1, 0.15) is 36.2 Å². The number of amides is 1. The van der Waals surface area contributed by atoms with Crippen LogP contribution in [0.2, 0.25) is 0 Å². The number of rotatable bonds is 7. The van der Waals surface area contributed by atoms with Crippen molar-refractivity contribution < 1.29 is 29.0 Å². The SMILES string of the molecule is COC(=O)[C@@H](CC(C)C)NC(=O)COC(=O)c1ccc(C)cc1O. The summed E-state index contributed by atoms with van der Waals surface area (Å²) in [5.41, 5.74) is 0.761. The number of methoxy groups -OCH3 is 1. The highest BCUT2D eigenvalue weighted by Gasteiger charge is 2.23. The lowest BCUT2D eigenvalue weighted by Gasteiger charge is -2.18. The maximum Gasteiger partial charge on any atom is 0.342 e. The highest BCUT2D eigenvalue weighted by Crippen LogP contribution is 2.19. The minimum absolute atomic E-state index is 0.0277. The van der Waals surface area contributed by atoms with Gasteiger partial charge in [-0.2, -0.15) is 0 Å². The Labute approximate surface area is 141 Å². The third kappa shape index (κ3) is 5.91. The number of carbonyl (C=O) groups excluding carboxylic acids is 3. The second-order valence-corrected chi connectivity index (χ2v) is 5.87. The molecule has 0 radical (unpaired) electrons. The zero-order chi connectivity index (χ0) is 18.3. The molecule has 1 aromatic carbocycles. The maximum absolute atomic E-state index is 11.9. The van der Waals surface area contributed by atoms with Gasteiger partial charge in [-0.05, 0) is 37.0 Å². The van der Waals surface area contributed by atoms with Gasteiger partial charge in [0.05, 0.1) is 7.11 Å². The monoisotopic (exact) mass is 337 g/mol. The van der Waals surface area contributed by atoms with Gasteiger partial charge in [-0.25, -0.2) is 9.59 Å². The third-order valence-corrected chi connectivity index (χ3v) is 3.24. The van der Waals surface area contributed by atoms with E-state index in [1.807, 2.05) is 13.8 Å². The van der Waals surface area contributed by atoms with Crippen molar-refractivity contribution >= 4 is 17.8 Å². The molecule has 0 heterocycles. The molecule has 0 spiro atoms. The van der Waals surface area contributed by atoms with E-state index in [9.17, 15) is 19.5 Å². The molecule has 0 aliphatic rings. The summed E-state index contributed by atoms with van der Waals surface area (Å²) in [4.78, 5) is 35.4. The van der Waals surface area contributed by atoms with E-state index in [-0.39, 0.29) is 17.2 Å². The van der Waals surface area contributed by atoms with Crippen LogP contribution in [0.5, 0.6) is 5.75 Å². The van der Waals surface area contributed by atoms with E-state index >= 15 is 0 Å². The Balaban J connectivity index is 2.60. The molecule has 0 aliphatic carbocycles. The van der Waals surface area contributed by atoms with E-state index in [2.05, 4.69) is 10.1 Å². The molecule has 0 saturated carbocycles. The first kappa shape index (κ1) is 19.5. The van der Waals surface area contributed by atoms with Crippen molar-refractivity contribution in [3.63, 3.8) is 0 Å². The molecule has 0 bridgehead atoms. The Morgan fingerprint density at radius 2 is 1.92 bits per heavy atom. The maximum atomic E-state index is 11.9. The molecule has 1 amide bonds. The zero-order valence-electron chi connectivity index (χ0n) is 14.3. The largest absolute Gasteiger partial charge is 0.507 e. The van der Waals surface area contributed by atoms with Gasteiger partial charge in [0.2, 0.25) is 0 Å². The number of hydrogen-bond donors (Lipinski definition) is 2. The van der Waals surface area contributed by atoms with E-state index in [0.29, 0.717) is 6.42 Å². The van der Waals surface area contributed by atoms with Crippen LogP contribution >= 0.6 is 0 Å². The zero-order valence-corrected chi connectivity index (χ0v) is 14.3. The molecule has 1 rings (SSSR count). The van der Waals surface area contributed by atoms with Crippen LogP contribution in [0, 0.1) is 12.8 Å². The van der Waals surface area contributed by atoms with Crippen molar-refractivity contribution in [3.8, 4) is 5.75 Å². The number of carbonyl (C=O) groups is 3. The van der Waals surface area contributed by atoms with Crippen LogP contribution in [0.3, 0.4) is 0 Å². The summed E-state index contributed by atoms with van der Waals surface area (Å²) in [6.45, 7) is 5.02. The van der Waals surface area contributed by atoms with Gasteiger partial charge in [0.25, 0.3) is 5.91 Å². The van der Waals surface area contributed by atoms with Crippen LogP contribution in [0.15, 0.2) is 18.2 Å². The average Bonchev–Trinajstić information content (AvgIpc) is 2.50. The lowest BCUT2D eigenvalue weighted by atomic mass is 10.0. The van der Waals surface area contributed by atoms with Gasteiger partial charge in [0.15, 0.2) is 6.61 Å². The Hall–Kier alpha value is -2.57. The predicted octanol–water partition coefficient (Wildman–Crippen LogP) is 1.56. The number of phenolic OH excluding ortho intramolecular Hbond substituents is 1. The summed E-state index contributed by atoms with van der Waals surface area (Å²) >= 11 is 0. The van der Waals surface area contributed by atoms with Crippen LogP contribution in [0.25, 0.3) is 0 Å². The van der Waals surface area contributed by atoms with Gasteiger partial charge in [0, 0.05) is 0 Å². The Kier molecular flexibility index (Phi) is 7.23. The van der Waals surface area contributed by atoms with Gasteiger partial charge in [0.1, 0.15) is 17.4 Å². The molecule has 0 aliphatic heterocycles. The van der Waals surface area contributed by atoms with Crippen molar-refractivity contribution in [1.82, 2.24) is 5.32 Å². The molecular formula is C17H23NO6. The standard InChI is InChI=1S/C17H23NO6/c1-10(2)7-13(17(22)23-4)18-15(20)9-24-16(21)12-6-5-11(3)8-14(12)19/h5-6,8,10,13,19H,7,9H2,1-4H3,(H,18,20)/t13-/m1/s1. The fourth-order valence-electron chi connectivity index (χ4n) is 2.09. The Bertz CT molecular complexity index is 611. The van der Waals surface area contributed by atoms with Crippen molar-refractivity contribution in [2.24, 2.45) is 5.92 Å². The molecule has 7 heteroatoms. The lowest BCUT2D eigenvalue weighted by molar-refractivity contribution is -0.145. The van der Waals surface area contributed by atoms with Crippen molar-refractivity contribution in [2.45, 2.75) is 33.2 Å². The van der Waals surface area contributed by atoms with Gasteiger partial charge < -0.3 is 19.9 Å². The van der Waals surface area contributed by atoms with Crippen molar-refractivity contribution in [3.05, 3.63) is 29.3 Å². The molecule has 132 valence electrons. The van der Waals surface area contributed by atoms with E-state index in [1.54, 1.807) is 13.0 Å². The molecule has 7 nitrogen and oxygen atoms in total. The van der Waals surface area contributed by atoms with Gasteiger partial charge in [-0.15, -0.1) is 0 Å². The minimum Gasteiger partial charge on any atom is -0.507 e. The molecule has 1 aromatic rings. The first-order valence-electron chi connectivity index (χ1n) is 7.58. The normalized spacial score (nSPS) is 11.7. The number of esters is 2. The summed E-state index contributed by atoms with van der Waals surface area (Å²) in [6, 6.07) is 3.69. The summed E-state index contributed by atoms with van der Waals surface area (Å²) in [5.74, 6) is -2.04. The van der Waals surface area contributed by atoms with Gasteiger partial charge >= 0.3 is 11.9 Å². The summed E-state index contributed by atoms with van der Waals surface area (Å²) in [5, 5.41) is 12.2. The minimum atomic E-state index is -0.818. The molecule has 2 N–H and O–H groups in total. The van der Waals surface area contributed by atoms with Crippen LogP contribution < -0.4 is 5.32 Å². The second kappa shape index (κ2) is 8.90. The average molecular weight is 337 g/mol. The van der Waals surface area contributed by atoms with Crippen LogP contribution in [0.4, 0.5) is 0 Å². The molecule has 24 heavy (non-hydrogen) atoms. The predicted molar refractivity (Wildman–Crippen MR) is 86.5 cm³/mol. The van der Waals surface area contributed by atoms with E-state index in [0.717, 1.165) is 5.56 Å². The Morgan fingerprint density at radius 1 is 1.25 bits per heavy atom. The number of phenols is 1. The summed E-state index contributed by atoms with van der Waals surface area (Å²) in [6.07, 6.45) is 0.408. The molecule has 0 aromatic heterocycles. The first-order valence-corrected chi connectivity index (χ1v) is 7.58. The highest BCUT2D eigenvalue weighted by molar-refractivity contribution is 5.94. The number of nitrogens with one attached hydrogen (secondary N) is 1. The first-order chi connectivity index (χ1) is 11.2. The summed E-state index contributed by atoms with van der Waals surface area (Å²) in [7, 11) is 1.24. The van der Waals surface area contributed by atoms with Gasteiger partial charge in [-0.3, -0.25) is 4.79 Å². The summed E-state index contributed by atoms with van der Waals surface area (Å²) < 4.78 is 9.51. The smallest absolute Gasteiger partial charge is 0.342 e. The number of ether oxygens (including phenoxy) is 2. The fourth-order valence-corrected chi connectivity index (χ4v) is 2.09. The second-order valence-electron chi connectivity index (χ2n) is 5.87. The molecule has 0 saturated heterocycles. The van der Waals surface area contributed by atoms with Crippen molar-refractivity contribution in [1.29, 1.82) is 0 Å². The Morgan fingerprint density at radius 3 is 2.46 bits per heavy atom. The quantitative estimate of drug-likeness (QED) is 0.732. The highest BCUT2D eigenvalue weighted by atomic mass is 16.5. The van der Waals surface area contributed by atoms with Crippen LogP contribution in [-0.4, -0.2) is 42.7 Å². The van der Waals surface area contributed by atoms with Gasteiger partial charge in [-0.1, -0.05) is 19.9 Å². The number of aryl methyl sites for hydroxylation is 1. The van der Waals surface area contributed by atoms with Crippen LogP contribution in [-0.2, 0) is 19.1 Å². The fraction of sp³-hybridized carbons (Fsp3) is 0.471.